The molecule has 8 heavy (non-hydrogen) atoms. The Balaban J connectivity index is 0.000000320. The van der Waals surface area contributed by atoms with Crippen LogP contribution in [0, 0.1) is 0 Å². The van der Waals surface area contributed by atoms with Gasteiger partial charge in [0.15, 0.2) is 0 Å². The molecule has 0 unspecified atom stereocenters. The second-order valence-corrected chi connectivity index (χ2v) is 1.88. The van der Waals surface area contributed by atoms with Crippen LogP contribution in [0.2, 0.25) is 0 Å². The number of pyridine rings is 1. The van der Waals surface area contributed by atoms with Crippen LogP contribution in [0.15, 0.2) is 18.5 Å². The number of hydrogen-bond acceptors (Lipinski definition) is 2. The van der Waals surface area contributed by atoms with Gasteiger partial charge >= 0.3 is 0 Å². The second kappa shape index (κ2) is 1.56. The zero-order chi connectivity index (χ0) is 4.69. The molecule has 0 fully saturated rings. The first kappa shape index (κ1) is 5.25. The van der Waals surface area contributed by atoms with Gasteiger partial charge in [-0.25, -0.2) is 0 Å². The maximum Gasteiger partial charge on any atom is 0.0303 e. The largest absolute Gasteiger partial charge is 0.344 e. The van der Waals surface area contributed by atoms with E-state index in [-0.39, 0.29) is 6.15 Å². The van der Waals surface area contributed by atoms with Crippen molar-refractivity contribution in [1.29, 1.82) is 0 Å². The average Bonchev–Trinajstić information content (AvgIpc) is 1.67. The van der Waals surface area contributed by atoms with Crippen LogP contribution in [0.5, 0.6) is 0 Å². The Kier molecular flexibility index (Phi) is 1.02. The van der Waals surface area contributed by atoms with E-state index < -0.39 is 0 Å². The summed E-state index contributed by atoms with van der Waals surface area (Å²) in [5, 5.41) is 0. The van der Waals surface area contributed by atoms with Crippen molar-refractivity contribution in [2.75, 3.05) is 0 Å². The van der Waals surface area contributed by atoms with Crippen molar-refractivity contribution in [2.45, 2.75) is 6.42 Å². The van der Waals surface area contributed by atoms with E-state index in [4.69, 9.17) is 0 Å². The summed E-state index contributed by atoms with van der Waals surface area (Å²) in [6, 6.07) is 2.16. The molecule has 0 aromatic carbocycles. The van der Waals surface area contributed by atoms with Gasteiger partial charge in [0, 0.05) is 18.8 Å². The van der Waals surface area contributed by atoms with E-state index in [0.29, 0.717) is 0 Å². The quantitative estimate of drug-likeness (QED) is 0.550. The second-order valence-electron chi connectivity index (χ2n) is 1.88. The molecule has 1 aromatic heterocycles. The van der Waals surface area contributed by atoms with Crippen LogP contribution in [0.1, 0.15) is 11.1 Å². The average molecular weight is 108 g/mol. The Morgan fingerprint density at radius 3 is 1.88 bits per heavy atom. The highest BCUT2D eigenvalue weighted by atomic mass is 14.6. The number of aromatic nitrogens is 1. The predicted octanol–water partition coefficient (Wildman–Crippen LogP) is 1.15. The fourth-order valence-corrected chi connectivity index (χ4v) is 0.839. The van der Waals surface area contributed by atoms with Gasteiger partial charge in [-0.15, -0.1) is 0 Å². The molecular weight excluding hydrogens is 100 g/mol. The SMILES string of the molecule is N.c1ncc2cc1C2. The highest BCUT2D eigenvalue weighted by molar-refractivity contribution is 5.33. The normalized spacial score (nSPS) is 11.5. The topological polar surface area (TPSA) is 47.9 Å². The van der Waals surface area contributed by atoms with Crippen LogP contribution in [-0.2, 0) is 6.42 Å². The zero-order valence-electron chi connectivity index (χ0n) is 4.59. The molecule has 1 aromatic rings. The fraction of sp³-hybridized carbons (Fsp3) is 0.167. The van der Waals surface area contributed by atoms with Gasteiger partial charge in [0.2, 0.25) is 0 Å². The van der Waals surface area contributed by atoms with E-state index in [0.717, 1.165) is 6.42 Å². The molecule has 0 saturated carbocycles. The summed E-state index contributed by atoms with van der Waals surface area (Å²) in [5.41, 5.74) is 2.75. The van der Waals surface area contributed by atoms with Gasteiger partial charge in [0.05, 0.1) is 0 Å². The first-order valence-corrected chi connectivity index (χ1v) is 2.38. The third-order valence-corrected chi connectivity index (χ3v) is 1.26. The number of hydrogen-bond donors (Lipinski definition) is 1. The minimum Gasteiger partial charge on any atom is -0.344 e. The molecule has 1 aliphatic heterocycles. The lowest BCUT2D eigenvalue weighted by Crippen LogP contribution is -2.00. The molecule has 0 amide bonds. The lowest BCUT2D eigenvalue weighted by molar-refractivity contribution is 1.02. The van der Waals surface area contributed by atoms with E-state index in [1.54, 1.807) is 0 Å². The van der Waals surface area contributed by atoms with Crippen molar-refractivity contribution in [3.05, 3.63) is 29.6 Å². The summed E-state index contributed by atoms with van der Waals surface area (Å²) in [5.74, 6) is 0. The first-order chi connectivity index (χ1) is 3.45. The Hall–Kier alpha value is -0.890. The van der Waals surface area contributed by atoms with Crippen LogP contribution >= 0.6 is 0 Å². The van der Waals surface area contributed by atoms with E-state index >= 15 is 0 Å². The molecule has 0 atom stereocenters. The van der Waals surface area contributed by atoms with Gasteiger partial charge in [-0.05, 0) is 11.1 Å². The van der Waals surface area contributed by atoms with Gasteiger partial charge in [-0.3, -0.25) is 4.98 Å². The Morgan fingerprint density at radius 1 is 1.25 bits per heavy atom. The highest BCUT2D eigenvalue weighted by Gasteiger charge is 2.05. The van der Waals surface area contributed by atoms with Gasteiger partial charge < -0.3 is 6.15 Å². The van der Waals surface area contributed by atoms with E-state index in [1.165, 1.54) is 11.1 Å². The lowest BCUT2D eigenvalue weighted by Gasteiger charge is -2.10. The third-order valence-electron chi connectivity index (χ3n) is 1.26. The maximum atomic E-state index is 3.95. The molecule has 3 rings (SSSR count). The monoisotopic (exact) mass is 108 g/mol. The molecule has 0 saturated heterocycles. The van der Waals surface area contributed by atoms with Gasteiger partial charge in [0.1, 0.15) is 0 Å². The summed E-state index contributed by atoms with van der Waals surface area (Å²) < 4.78 is 0. The molecule has 0 radical (unpaired) electrons. The van der Waals surface area contributed by atoms with Crippen LogP contribution in [0.4, 0.5) is 0 Å². The van der Waals surface area contributed by atoms with Crippen LogP contribution in [0.25, 0.3) is 0 Å². The van der Waals surface area contributed by atoms with Crippen molar-refractivity contribution in [2.24, 2.45) is 0 Å². The molecular formula is C6H8N2. The van der Waals surface area contributed by atoms with Crippen molar-refractivity contribution >= 4 is 0 Å². The van der Waals surface area contributed by atoms with Gasteiger partial charge in [-0.1, -0.05) is 6.07 Å². The van der Waals surface area contributed by atoms with Gasteiger partial charge in [-0.2, -0.15) is 0 Å². The summed E-state index contributed by atoms with van der Waals surface area (Å²) in [4.78, 5) is 3.95. The minimum atomic E-state index is 0. The smallest absolute Gasteiger partial charge is 0.0303 e. The molecule has 2 heteroatoms. The summed E-state index contributed by atoms with van der Waals surface area (Å²) >= 11 is 0. The van der Waals surface area contributed by atoms with E-state index in [1.807, 2.05) is 12.4 Å². The third kappa shape index (κ3) is 0.502. The van der Waals surface area contributed by atoms with Crippen molar-refractivity contribution in [3.8, 4) is 0 Å². The first-order valence-electron chi connectivity index (χ1n) is 2.38. The van der Waals surface area contributed by atoms with Crippen molar-refractivity contribution < 1.29 is 0 Å². The van der Waals surface area contributed by atoms with Crippen LogP contribution < -0.4 is 6.15 Å². The molecule has 2 bridgehead atoms. The predicted molar refractivity (Wildman–Crippen MR) is 32.1 cm³/mol. The number of nitrogens with zero attached hydrogens (tertiary/aromatic N) is 1. The van der Waals surface area contributed by atoms with E-state index in [2.05, 4.69) is 11.1 Å². The van der Waals surface area contributed by atoms with Crippen LogP contribution in [-0.4, -0.2) is 4.98 Å². The molecule has 1 aliphatic carbocycles. The standard InChI is InChI=1S/C6H5N.H3N/c1-5-2-6(1)4-7-3-5;/h1,3-4H,2H2;1H3. The molecule has 2 aliphatic rings. The number of rotatable bonds is 0. The highest BCUT2D eigenvalue weighted by Crippen LogP contribution is 2.16. The summed E-state index contributed by atoms with van der Waals surface area (Å²) in [6.07, 6.45) is 4.98. The summed E-state index contributed by atoms with van der Waals surface area (Å²) in [7, 11) is 0. The zero-order valence-corrected chi connectivity index (χ0v) is 4.59. The lowest BCUT2D eigenvalue weighted by atomic mass is 9.98. The molecule has 3 N–H and O–H groups in total. The fourth-order valence-electron chi connectivity index (χ4n) is 0.839. The van der Waals surface area contributed by atoms with Crippen LogP contribution in [0.3, 0.4) is 0 Å². The van der Waals surface area contributed by atoms with Crippen molar-refractivity contribution in [1.82, 2.24) is 11.1 Å². The van der Waals surface area contributed by atoms with E-state index in [9.17, 15) is 0 Å². The molecule has 2 nitrogen and oxygen atoms in total. The molecule has 42 valence electrons. The molecule has 0 spiro atoms. The van der Waals surface area contributed by atoms with Gasteiger partial charge in [0.25, 0.3) is 0 Å². The Morgan fingerprint density at radius 2 is 1.75 bits per heavy atom. The summed E-state index contributed by atoms with van der Waals surface area (Å²) in [6.45, 7) is 0. The minimum absolute atomic E-state index is 0. The van der Waals surface area contributed by atoms with Crippen molar-refractivity contribution in [3.63, 3.8) is 0 Å². The Labute approximate surface area is 48.1 Å². The molecule has 2 heterocycles. The Bertz CT molecular complexity index is 171. The number of fused-ring (bicyclic) bond motifs is 2. The maximum absolute atomic E-state index is 3.95.